The van der Waals surface area contributed by atoms with E-state index in [0.717, 1.165) is 11.6 Å². The highest BCUT2D eigenvalue weighted by Crippen LogP contribution is 2.28. The number of nitrogens with one attached hydrogen (secondary N) is 1. The van der Waals surface area contributed by atoms with E-state index < -0.39 is 17.5 Å². The fraction of sp³-hybridized carbons (Fsp3) is 0.250. The molecule has 1 N–H and O–H groups in total. The topological polar surface area (TPSA) is 12.0 Å². The van der Waals surface area contributed by atoms with Crippen LogP contribution >= 0.6 is 0 Å². The highest BCUT2D eigenvalue weighted by Gasteiger charge is 2.18. The van der Waals surface area contributed by atoms with E-state index in [4.69, 9.17) is 0 Å². The molecule has 0 bridgehead atoms. The van der Waals surface area contributed by atoms with Crippen molar-refractivity contribution in [2.45, 2.75) is 19.9 Å². The second-order valence-electron chi connectivity index (χ2n) is 5.02. The summed E-state index contributed by atoms with van der Waals surface area (Å²) in [5.41, 5.74) is 0.929. The van der Waals surface area contributed by atoms with Crippen LogP contribution < -0.4 is 5.32 Å². The van der Waals surface area contributed by atoms with Gasteiger partial charge in [-0.15, -0.1) is 0 Å². The summed E-state index contributed by atoms with van der Waals surface area (Å²) in [7, 11) is 0. The Morgan fingerprint density at radius 1 is 0.850 bits per heavy atom. The fourth-order valence-electron chi connectivity index (χ4n) is 2.10. The smallest absolute Gasteiger partial charge is 0.161 e. The van der Waals surface area contributed by atoms with Crippen molar-refractivity contribution in [2.24, 2.45) is 5.92 Å². The molecule has 0 aliphatic carbocycles. The van der Waals surface area contributed by atoms with Crippen molar-refractivity contribution in [2.75, 3.05) is 5.32 Å². The zero-order chi connectivity index (χ0) is 14.7. The summed E-state index contributed by atoms with van der Waals surface area (Å²) < 4.78 is 39.9. The van der Waals surface area contributed by atoms with Gasteiger partial charge in [0.25, 0.3) is 0 Å². The van der Waals surface area contributed by atoms with Crippen LogP contribution in [0.2, 0.25) is 0 Å². The lowest BCUT2D eigenvalue weighted by Crippen LogP contribution is -2.17. The van der Waals surface area contributed by atoms with Crippen LogP contribution in [0, 0.1) is 23.4 Å². The molecule has 0 spiro atoms. The van der Waals surface area contributed by atoms with Gasteiger partial charge in [-0.25, -0.2) is 13.2 Å². The molecule has 0 aliphatic rings. The first-order valence-corrected chi connectivity index (χ1v) is 6.45. The molecule has 0 radical (unpaired) electrons. The van der Waals surface area contributed by atoms with Crippen molar-refractivity contribution < 1.29 is 13.2 Å². The van der Waals surface area contributed by atoms with Gasteiger partial charge in [-0.2, -0.15) is 0 Å². The zero-order valence-corrected chi connectivity index (χ0v) is 11.3. The van der Waals surface area contributed by atoms with Gasteiger partial charge in [-0.05, 0) is 11.5 Å². The molecule has 20 heavy (non-hydrogen) atoms. The maximum absolute atomic E-state index is 13.7. The van der Waals surface area contributed by atoms with Crippen LogP contribution in [0.3, 0.4) is 0 Å². The Bertz CT molecular complexity index is 582. The number of anilines is 1. The van der Waals surface area contributed by atoms with Gasteiger partial charge in [-0.1, -0.05) is 44.2 Å². The molecule has 0 saturated heterocycles. The molecule has 2 rings (SSSR count). The molecule has 1 unspecified atom stereocenters. The van der Waals surface area contributed by atoms with Crippen molar-refractivity contribution in [3.63, 3.8) is 0 Å². The first-order chi connectivity index (χ1) is 9.49. The third-order valence-electron chi connectivity index (χ3n) is 3.15. The minimum Gasteiger partial charge on any atom is -0.376 e. The van der Waals surface area contributed by atoms with Crippen molar-refractivity contribution in [1.82, 2.24) is 0 Å². The van der Waals surface area contributed by atoms with Gasteiger partial charge in [-0.3, -0.25) is 0 Å². The third-order valence-corrected chi connectivity index (χ3v) is 3.15. The average Bonchev–Trinajstić information content (AvgIpc) is 2.42. The van der Waals surface area contributed by atoms with E-state index in [-0.39, 0.29) is 17.6 Å². The quantitative estimate of drug-likeness (QED) is 0.784. The molecule has 2 aromatic carbocycles. The van der Waals surface area contributed by atoms with E-state index in [1.54, 1.807) is 0 Å². The summed E-state index contributed by atoms with van der Waals surface area (Å²) in [6.07, 6.45) is 0. The largest absolute Gasteiger partial charge is 0.376 e. The van der Waals surface area contributed by atoms with Crippen LogP contribution in [0.15, 0.2) is 42.5 Å². The van der Waals surface area contributed by atoms with Gasteiger partial charge in [0.15, 0.2) is 11.6 Å². The standard InChI is InChI=1S/C16H16F3N/c1-10(2)16(11-6-4-3-5-7-11)20-15-9-13(18)12(17)8-14(15)19/h3-10,16,20H,1-2H3. The molecule has 0 amide bonds. The molecule has 1 atom stereocenters. The summed E-state index contributed by atoms with van der Waals surface area (Å²) in [5.74, 6) is -2.89. The molecular weight excluding hydrogens is 263 g/mol. The fourth-order valence-corrected chi connectivity index (χ4v) is 2.10. The van der Waals surface area contributed by atoms with Crippen LogP contribution in [-0.2, 0) is 0 Å². The van der Waals surface area contributed by atoms with E-state index in [9.17, 15) is 13.2 Å². The highest BCUT2D eigenvalue weighted by atomic mass is 19.2. The van der Waals surface area contributed by atoms with Gasteiger partial charge in [0, 0.05) is 12.1 Å². The summed E-state index contributed by atoms with van der Waals surface area (Å²) >= 11 is 0. The second kappa shape index (κ2) is 5.99. The molecule has 4 heteroatoms. The minimum atomic E-state index is -1.19. The molecular formula is C16H16F3N. The van der Waals surface area contributed by atoms with Crippen LogP contribution in [0.5, 0.6) is 0 Å². The molecule has 106 valence electrons. The van der Waals surface area contributed by atoms with Gasteiger partial charge in [0.05, 0.1) is 11.7 Å². The number of halogens is 3. The van der Waals surface area contributed by atoms with Crippen LogP contribution in [0.1, 0.15) is 25.5 Å². The van der Waals surface area contributed by atoms with Crippen molar-refractivity contribution in [3.8, 4) is 0 Å². The van der Waals surface area contributed by atoms with E-state index in [1.165, 1.54) is 0 Å². The van der Waals surface area contributed by atoms with Crippen molar-refractivity contribution >= 4 is 5.69 Å². The minimum absolute atomic E-state index is 0.0357. The Kier molecular flexibility index (Phi) is 4.32. The molecule has 2 aromatic rings. The summed E-state index contributed by atoms with van der Waals surface area (Å²) in [6, 6.07) is 10.7. The number of rotatable bonds is 4. The Morgan fingerprint density at radius 3 is 2.05 bits per heavy atom. The normalized spacial score (nSPS) is 12.5. The monoisotopic (exact) mass is 279 g/mol. The van der Waals surface area contributed by atoms with Crippen LogP contribution in [0.25, 0.3) is 0 Å². The predicted molar refractivity (Wildman–Crippen MR) is 74.0 cm³/mol. The maximum atomic E-state index is 13.7. The molecule has 0 aliphatic heterocycles. The Hall–Kier alpha value is -1.97. The lowest BCUT2D eigenvalue weighted by molar-refractivity contribution is 0.492. The molecule has 1 nitrogen and oxygen atoms in total. The summed E-state index contributed by atoms with van der Waals surface area (Å²) in [5, 5.41) is 2.95. The average molecular weight is 279 g/mol. The first kappa shape index (κ1) is 14.4. The van der Waals surface area contributed by atoms with Crippen LogP contribution in [-0.4, -0.2) is 0 Å². The van der Waals surface area contributed by atoms with E-state index in [1.807, 2.05) is 44.2 Å². The van der Waals surface area contributed by atoms with E-state index >= 15 is 0 Å². The Balaban J connectivity index is 2.32. The highest BCUT2D eigenvalue weighted by molar-refractivity contribution is 5.47. The summed E-state index contributed by atoms with van der Waals surface area (Å²) in [6.45, 7) is 3.95. The Labute approximate surface area is 116 Å². The van der Waals surface area contributed by atoms with Crippen LogP contribution in [0.4, 0.5) is 18.9 Å². The third kappa shape index (κ3) is 3.13. The summed E-state index contributed by atoms with van der Waals surface area (Å²) in [4.78, 5) is 0. The number of hydrogen-bond donors (Lipinski definition) is 1. The SMILES string of the molecule is CC(C)C(Nc1cc(F)c(F)cc1F)c1ccccc1. The van der Waals surface area contributed by atoms with Gasteiger partial charge in [0.1, 0.15) is 5.82 Å². The van der Waals surface area contributed by atoms with Gasteiger partial charge >= 0.3 is 0 Å². The molecule has 0 heterocycles. The van der Waals surface area contributed by atoms with Gasteiger partial charge in [0.2, 0.25) is 0 Å². The number of hydrogen-bond acceptors (Lipinski definition) is 1. The van der Waals surface area contributed by atoms with E-state index in [0.29, 0.717) is 6.07 Å². The van der Waals surface area contributed by atoms with Crippen molar-refractivity contribution in [3.05, 3.63) is 65.5 Å². The maximum Gasteiger partial charge on any atom is 0.161 e. The lowest BCUT2D eigenvalue weighted by atomic mass is 9.96. The lowest BCUT2D eigenvalue weighted by Gasteiger charge is -2.24. The predicted octanol–water partition coefficient (Wildman–Crippen LogP) is 4.91. The molecule has 0 aromatic heterocycles. The first-order valence-electron chi connectivity index (χ1n) is 6.45. The number of benzene rings is 2. The molecule has 0 saturated carbocycles. The zero-order valence-electron chi connectivity index (χ0n) is 11.3. The Morgan fingerprint density at radius 2 is 1.45 bits per heavy atom. The van der Waals surface area contributed by atoms with Crippen molar-refractivity contribution in [1.29, 1.82) is 0 Å². The second-order valence-corrected chi connectivity index (χ2v) is 5.02. The molecule has 0 fully saturated rings. The van der Waals surface area contributed by atoms with Gasteiger partial charge < -0.3 is 5.32 Å². The van der Waals surface area contributed by atoms with E-state index in [2.05, 4.69) is 5.32 Å².